The number of aliphatic hydroxyl groups is 1. The van der Waals surface area contributed by atoms with Crippen molar-refractivity contribution in [2.45, 2.75) is 52.6 Å². The molecule has 2 aromatic rings. The molecule has 0 saturated heterocycles. The Balaban J connectivity index is 2.32. The van der Waals surface area contributed by atoms with Crippen LogP contribution in [-0.4, -0.2) is 10.1 Å². The van der Waals surface area contributed by atoms with Crippen molar-refractivity contribution in [2.24, 2.45) is 0 Å². The molecule has 0 radical (unpaired) electrons. The SMILES string of the molecule is CCCc1nc(-c2ccc(C(C)(C)C)cc2)sc1CO. The van der Waals surface area contributed by atoms with Crippen molar-refractivity contribution < 1.29 is 5.11 Å². The summed E-state index contributed by atoms with van der Waals surface area (Å²) in [4.78, 5) is 5.69. The molecule has 1 aromatic carbocycles. The highest BCUT2D eigenvalue weighted by Gasteiger charge is 2.15. The summed E-state index contributed by atoms with van der Waals surface area (Å²) in [7, 11) is 0. The predicted octanol–water partition coefficient (Wildman–Crippen LogP) is 4.55. The van der Waals surface area contributed by atoms with Gasteiger partial charge in [-0.2, -0.15) is 0 Å². The zero-order valence-electron chi connectivity index (χ0n) is 12.7. The molecular weight excluding hydrogens is 266 g/mol. The van der Waals surface area contributed by atoms with Crippen LogP contribution in [0.5, 0.6) is 0 Å². The zero-order chi connectivity index (χ0) is 14.8. The van der Waals surface area contributed by atoms with Crippen LogP contribution in [0.3, 0.4) is 0 Å². The van der Waals surface area contributed by atoms with Gasteiger partial charge >= 0.3 is 0 Å². The van der Waals surface area contributed by atoms with Crippen LogP contribution in [0.1, 0.15) is 50.3 Å². The summed E-state index contributed by atoms with van der Waals surface area (Å²) in [5.74, 6) is 0. The molecule has 0 spiro atoms. The topological polar surface area (TPSA) is 33.1 Å². The van der Waals surface area contributed by atoms with Gasteiger partial charge in [0.2, 0.25) is 0 Å². The molecule has 1 N–H and O–H groups in total. The van der Waals surface area contributed by atoms with Crippen molar-refractivity contribution in [1.82, 2.24) is 4.98 Å². The molecule has 108 valence electrons. The number of nitrogens with zero attached hydrogens (tertiary/aromatic N) is 1. The van der Waals surface area contributed by atoms with Crippen LogP contribution in [-0.2, 0) is 18.4 Å². The van der Waals surface area contributed by atoms with Gasteiger partial charge in [-0.3, -0.25) is 0 Å². The van der Waals surface area contributed by atoms with E-state index in [1.54, 1.807) is 11.3 Å². The Labute approximate surface area is 125 Å². The van der Waals surface area contributed by atoms with Gasteiger partial charge in [0.1, 0.15) is 5.01 Å². The Bertz CT molecular complexity index is 564. The summed E-state index contributed by atoms with van der Waals surface area (Å²) >= 11 is 1.60. The second-order valence-electron chi connectivity index (χ2n) is 6.12. The number of rotatable bonds is 4. The lowest BCUT2D eigenvalue weighted by Crippen LogP contribution is -2.10. The van der Waals surface area contributed by atoms with E-state index in [2.05, 4.69) is 52.0 Å². The van der Waals surface area contributed by atoms with E-state index in [4.69, 9.17) is 4.98 Å². The average molecular weight is 289 g/mol. The third kappa shape index (κ3) is 3.28. The van der Waals surface area contributed by atoms with E-state index in [9.17, 15) is 5.11 Å². The van der Waals surface area contributed by atoms with Gasteiger partial charge in [-0.05, 0) is 17.4 Å². The van der Waals surface area contributed by atoms with Crippen molar-refractivity contribution in [1.29, 1.82) is 0 Å². The molecule has 1 heterocycles. The van der Waals surface area contributed by atoms with E-state index < -0.39 is 0 Å². The van der Waals surface area contributed by atoms with Gasteiger partial charge in [0.15, 0.2) is 0 Å². The Morgan fingerprint density at radius 1 is 1.15 bits per heavy atom. The lowest BCUT2D eigenvalue weighted by atomic mass is 9.87. The fourth-order valence-electron chi connectivity index (χ4n) is 2.18. The summed E-state index contributed by atoms with van der Waals surface area (Å²) in [5.41, 5.74) is 3.69. The minimum atomic E-state index is 0.0904. The molecule has 0 unspecified atom stereocenters. The molecule has 1 aromatic heterocycles. The summed E-state index contributed by atoms with van der Waals surface area (Å²) < 4.78 is 0. The van der Waals surface area contributed by atoms with Gasteiger partial charge in [-0.15, -0.1) is 11.3 Å². The first-order valence-electron chi connectivity index (χ1n) is 7.16. The smallest absolute Gasteiger partial charge is 0.123 e. The number of thiazole rings is 1. The Kier molecular flexibility index (Phi) is 4.61. The normalized spacial score (nSPS) is 11.8. The molecule has 0 fully saturated rings. The number of benzene rings is 1. The first-order valence-corrected chi connectivity index (χ1v) is 7.97. The average Bonchev–Trinajstić information content (AvgIpc) is 2.81. The van der Waals surface area contributed by atoms with E-state index >= 15 is 0 Å². The maximum Gasteiger partial charge on any atom is 0.123 e. The van der Waals surface area contributed by atoms with E-state index in [0.29, 0.717) is 0 Å². The van der Waals surface area contributed by atoms with Gasteiger partial charge < -0.3 is 5.11 Å². The van der Waals surface area contributed by atoms with E-state index in [-0.39, 0.29) is 12.0 Å². The molecule has 0 aliphatic heterocycles. The van der Waals surface area contributed by atoms with Crippen LogP contribution >= 0.6 is 11.3 Å². The highest BCUT2D eigenvalue weighted by atomic mass is 32.1. The number of aliphatic hydroxyl groups excluding tert-OH is 1. The second-order valence-corrected chi connectivity index (χ2v) is 7.21. The monoisotopic (exact) mass is 289 g/mol. The van der Waals surface area contributed by atoms with Crippen LogP contribution in [0.15, 0.2) is 24.3 Å². The molecule has 2 nitrogen and oxygen atoms in total. The lowest BCUT2D eigenvalue weighted by Gasteiger charge is -2.18. The van der Waals surface area contributed by atoms with Crippen LogP contribution in [0.25, 0.3) is 10.6 Å². The molecular formula is C17H23NOS. The minimum Gasteiger partial charge on any atom is -0.391 e. The third-order valence-electron chi connectivity index (χ3n) is 3.41. The van der Waals surface area contributed by atoms with Gasteiger partial charge in [0, 0.05) is 5.56 Å². The van der Waals surface area contributed by atoms with Gasteiger partial charge in [-0.25, -0.2) is 4.98 Å². The molecule has 20 heavy (non-hydrogen) atoms. The molecule has 0 bridgehead atoms. The number of hydrogen-bond donors (Lipinski definition) is 1. The van der Waals surface area contributed by atoms with E-state index in [0.717, 1.165) is 34.0 Å². The Morgan fingerprint density at radius 2 is 1.80 bits per heavy atom. The molecule has 3 heteroatoms. The summed E-state index contributed by atoms with van der Waals surface area (Å²) in [6, 6.07) is 8.62. The number of hydrogen-bond acceptors (Lipinski definition) is 3. The van der Waals surface area contributed by atoms with Crippen LogP contribution in [0.4, 0.5) is 0 Å². The molecule has 2 rings (SSSR count). The third-order valence-corrected chi connectivity index (χ3v) is 4.54. The largest absolute Gasteiger partial charge is 0.391 e. The van der Waals surface area contributed by atoms with E-state index in [1.165, 1.54) is 5.56 Å². The molecule has 0 atom stereocenters. The van der Waals surface area contributed by atoms with Crippen molar-refractivity contribution in [2.75, 3.05) is 0 Å². The van der Waals surface area contributed by atoms with Gasteiger partial charge in [0.05, 0.1) is 17.2 Å². The summed E-state index contributed by atoms with van der Waals surface area (Å²) in [6.45, 7) is 8.88. The molecule has 0 aliphatic carbocycles. The number of aromatic nitrogens is 1. The van der Waals surface area contributed by atoms with Crippen LogP contribution in [0.2, 0.25) is 0 Å². The van der Waals surface area contributed by atoms with E-state index in [1.807, 2.05) is 0 Å². The van der Waals surface area contributed by atoms with Crippen molar-refractivity contribution in [3.63, 3.8) is 0 Å². The van der Waals surface area contributed by atoms with Crippen molar-refractivity contribution >= 4 is 11.3 Å². The molecule has 0 saturated carbocycles. The fraction of sp³-hybridized carbons (Fsp3) is 0.471. The molecule has 0 aliphatic rings. The van der Waals surface area contributed by atoms with Crippen molar-refractivity contribution in [3.8, 4) is 10.6 Å². The Hall–Kier alpha value is -1.19. The highest BCUT2D eigenvalue weighted by molar-refractivity contribution is 7.15. The maximum absolute atomic E-state index is 9.43. The van der Waals surface area contributed by atoms with Crippen LogP contribution in [0, 0.1) is 0 Å². The van der Waals surface area contributed by atoms with Gasteiger partial charge in [0.25, 0.3) is 0 Å². The first kappa shape index (κ1) is 15.2. The van der Waals surface area contributed by atoms with Crippen molar-refractivity contribution in [3.05, 3.63) is 40.4 Å². The molecule has 0 amide bonds. The lowest BCUT2D eigenvalue weighted by molar-refractivity contribution is 0.284. The fourth-order valence-corrected chi connectivity index (χ4v) is 3.15. The standard InChI is InChI=1S/C17H23NOS/c1-5-6-14-15(11-19)20-16(18-14)12-7-9-13(10-8-12)17(2,3)4/h7-10,19H,5-6,11H2,1-4H3. The number of aryl methyl sites for hydroxylation is 1. The zero-order valence-corrected chi connectivity index (χ0v) is 13.5. The maximum atomic E-state index is 9.43. The van der Waals surface area contributed by atoms with Crippen LogP contribution < -0.4 is 0 Å². The van der Waals surface area contributed by atoms with Gasteiger partial charge in [-0.1, -0.05) is 58.4 Å². The predicted molar refractivity (Wildman–Crippen MR) is 86.2 cm³/mol. The highest BCUT2D eigenvalue weighted by Crippen LogP contribution is 2.31. The minimum absolute atomic E-state index is 0.0904. The Morgan fingerprint density at radius 3 is 2.30 bits per heavy atom. The first-order chi connectivity index (χ1) is 9.45. The second kappa shape index (κ2) is 6.06. The summed E-state index contributed by atoms with van der Waals surface area (Å²) in [6.07, 6.45) is 1.99. The summed E-state index contributed by atoms with van der Waals surface area (Å²) in [5, 5.41) is 10.4. The quantitative estimate of drug-likeness (QED) is 0.895.